The van der Waals surface area contributed by atoms with E-state index in [4.69, 9.17) is 79.3 Å². The number of thioether (sulfide) groups is 2. The average Bonchev–Trinajstić information content (AvgIpc) is 3.69. The molecule has 5 rings (SSSR count). The predicted octanol–water partition coefficient (Wildman–Crippen LogP) is 12.5. The highest BCUT2D eigenvalue weighted by Gasteiger charge is 2.25. The molecule has 0 bridgehead atoms. The third-order valence-electron chi connectivity index (χ3n) is 6.88. The number of H-pyrrole nitrogens is 1. The summed E-state index contributed by atoms with van der Waals surface area (Å²) in [7, 11) is 0. The van der Waals surface area contributed by atoms with E-state index in [2.05, 4.69) is 9.97 Å². The van der Waals surface area contributed by atoms with E-state index in [1.165, 1.54) is 23.5 Å². The summed E-state index contributed by atoms with van der Waals surface area (Å²) in [5.41, 5.74) is 2.22. The zero-order chi connectivity index (χ0) is 35.0. The zero-order valence-electron chi connectivity index (χ0n) is 25.9. The first-order chi connectivity index (χ1) is 23.7. The average molecular weight is 820 g/mol. The number of rotatable bonds is 16. The fourth-order valence-corrected chi connectivity index (χ4v) is 8.07. The van der Waals surface area contributed by atoms with Crippen LogP contribution in [-0.2, 0) is 22.5 Å². The molecule has 1 N–H and O–H groups in total. The van der Waals surface area contributed by atoms with E-state index in [0.717, 1.165) is 33.8 Å². The number of imidazole rings is 1. The van der Waals surface area contributed by atoms with Gasteiger partial charge in [-0.1, -0.05) is 106 Å². The van der Waals surface area contributed by atoms with Crippen LogP contribution in [0.25, 0.3) is 0 Å². The van der Waals surface area contributed by atoms with Crippen LogP contribution in [0.2, 0.25) is 30.1 Å². The van der Waals surface area contributed by atoms with Gasteiger partial charge in [-0.05, 0) is 85.3 Å². The minimum Gasteiger partial charge on any atom is -0.351 e. The van der Waals surface area contributed by atoms with Gasteiger partial charge in [-0.25, -0.2) is 4.98 Å². The fraction of sp³-hybridized carbons (Fsp3) is 0.229. The smallest absolute Gasteiger partial charge is 0.351 e. The van der Waals surface area contributed by atoms with Gasteiger partial charge in [0.1, 0.15) is 4.91 Å². The van der Waals surface area contributed by atoms with Crippen molar-refractivity contribution in [2.75, 3.05) is 13.2 Å². The Labute approximate surface area is 324 Å². The Morgan fingerprint density at radius 2 is 1.04 bits per heavy atom. The molecule has 49 heavy (non-hydrogen) atoms. The Kier molecular flexibility index (Phi) is 17.1. The highest BCUT2D eigenvalue weighted by molar-refractivity contribution is 8.00. The number of nitrogens with zero attached hydrogens (tertiary/aromatic N) is 2. The van der Waals surface area contributed by atoms with Crippen LogP contribution in [0.4, 0.5) is 0 Å². The maximum absolute atomic E-state index is 12.8. The van der Waals surface area contributed by atoms with Crippen molar-refractivity contribution in [3.05, 3.63) is 150 Å². The maximum atomic E-state index is 12.8. The molecule has 0 amide bonds. The largest absolute Gasteiger partial charge is 0.477 e. The van der Waals surface area contributed by atoms with Gasteiger partial charge in [0.05, 0.1) is 36.9 Å². The lowest BCUT2D eigenvalue weighted by atomic mass is 10.1. The topological polar surface area (TPSA) is 67.2 Å². The van der Waals surface area contributed by atoms with Crippen molar-refractivity contribution in [1.82, 2.24) is 9.97 Å². The van der Waals surface area contributed by atoms with Crippen LogP contribution < -0.4 is 0 Å². The minimum atomic E-state index is -0.153. The number of aryl methyl sites for hydroxylation is 2. The molecular formula is C35H32Cl6N3O3S2+. The molecule has 0 aliphatic rings. The lowest BCUT2D eigenvalue weighted by Gasteiger charge is -2.17. The van der Waals surface area contributed by atoms with Gasteiger partial charge in [0.2, 0.25) is 0 Å². The Morgan fingerprint density at radius 3 is 1.37 bits per heavy atom. The van der Waals surface area contributed by atoms with Gasteiger partial charge in [0, 0.05) is 32.2 Å². The molecule has 2 atom stereocenters. The molecule has 0 radical (unpaired) electrons. The molecule has 0 saturated heterocycles. The first-order valence-corrected chi connectivity index (χ1v) is 19.1. The number of benzene rings is 4. The molecule has 5 aromatic rings. The normalized spacial score (nSPS) is 12.0. The second-order valence-electron chi connectivity index (χ2n) is 10.5. The Morgan fingerprint density at radius 1 is 0.633 bits per heavy atom. The summed E-state index contributed by atoms with van der Waals surface area (Å²) in [6.07, 6.45) is 7.93. The monoisotopic (exact) mass is 816 g/mol. The lowest BCUT2D eigenvalue weighted by Crippen LogP contribution is -2.23. The van der Waals surface area contributed by atoms with Crippen LogP contribution in [0, 0.1) is 4.91 Å². The quantitative estimate of drug-likeness (QED) is 0.0790. The summed E-state index contributed by atoms with van der Waals surface area (Å²) in [6, 6.07) is 26.0. The third-order valence-corrected chi connectivity index (χ3v) is 11.9. The molecule has 6 nitrogen and oxygen atoms in total. The molecule has 0 aliphatic carbocycles. The first-order valence-electron chi connectivity index (χ1n) is 15.0. The van der Waals surface area contributed by atoms with E-state index < -0.39 is 0 Å². The highest BCUT2D eigenvalue weighted by atomic mass is 35.5. The third kappa shape index (κ3) is 14.1. The molecule has 0 spiro atoms. The lowest BCUT2D eigenvalue weighted by molar-refractivity contribution is -0.981. The number of halogens is 6. The molecular weight excluding hydrogens is 787 g/mol. The zero-order valence-corrected chi connectivity index (χ0v) is 32.1. The summed E-state index contributed by atoms with van der Waals surface area (Å²) in [5, 5.41) is 3.36. The van der Waals surface area contributed by atoms with E-state index in [0.29, 0.717) is 43.0 Å². The number of aromatic amines is 1. The van der Waals surface area contributed by atoms with E-state index in [9.17, 15) is 4.91 Å². The highest BCUT2D eigenvalue weighted by Crippen LogP contribution is 2.39. The molecule has 258 valence electrons. The van der Waals surface area contributed by atoms with E-state index in [1.807, 2.05) is 48.5 Å². The van der Waals surface area contributed by atoms with E-state index in [-0.39, 0.29) is 28.8 Å². The van der Waals surface area contributed by atoms with Crippen molar-refractivity contribution in [3.8, 4) is 0 Å². The fourth-order valence-electron chi connectivity index (χ4n) is 4.37. The minimum absolute atomic E-state index is 0.0717. The second kappa shape index (κ2) is 21.2. The SMILES string of the molecule is O=[N+](OCC(CCc1ccc(Cl)cc1)Sc1c(Cl)cccc1Cl)OCC(CCc1ccc(Cl)cc1)Sc1c(Cl)cccc1Cl.c1c[nH]cn1. The summed E-state index contributed by atoms with van der Waals surface area (Å²) in [4.78, 5) is 31.7. The summed E-state index contributed by atoms with van der Waals surface area (Å²) in [6.45, 7) is 0.143. The number of aromatic nitrogens is 2. The standard InChI is InChI=1S/C32H28Cl6NO3S2.C3H4N2/c33-23-13-7-21(8-14-23)11-17-25(43-31-27(35)3-1-4-28(31)36)19-41-39(40)42-20-26(18-12-22-9-15-24(34)16-10-22)44-32-29(37)5-2-6-30(32)38;1-2-5-3-4-1/h1-10,13-16,25-26H,11-12,17-20H2;1-3H,(H,4,5)/q+1;. The molecule has 0 aliphatic heterocycles. The van der Waals surface area contributed by atoms with Crippen LogP contribution in [0.1, 0.15) is 24.0 Å². The van der Waals surface area contributed by atoms with Gasteiger partial charge >= 0.3 is 5.09 Å². The molecule has 1 aromatic heterocycles. The number of hydrogen-bond donors (Lipinski definition) is 1. The van der Waals surface area contributed by atoms with Gasteiger partial charge in [-0.15, -0.1) is 23.5 Å². The number of nitrogens with one attached hydrogen (secondary N) is 1. The van der Waals surface area contributed by atoms with Crippen LogP contribution >= 0.6 is 93.1 Å². The molecule has 2 unspecified atom stereocenters. The van der Waals surface area contributed by atoms with Crippen molar-refractivity contribution in [2.24, 2.45) is 0 Å². The Bertz CT molecular complexity index is 1560. The van der Waals surface area contributed by atoms with Crippen molar-refractivity contribution >= 4 is 93.1 Å². The molecule has 14 heteroatoms. The summed E-state index contributed by atoms with van der Waals surface area (Å²) < 4.78 is 0. The number of hydrogen-bond acceptors (Lipinski definition) is 6. The molecule has 1 heterocycles. The summed E-state index contributed by atoms with van der Waals surface area (Å²) in [5.74, 6) is 0. The van der Waals surface area contributed by atoms with Crippen LogP contribution in [-0.4, -0.2) is 38.8 Å². The van der Waals surface area contributed by atoms with Gasteiger partial charge in [-0.2, -0.15) is 9.68 Å². The van der Waals surface area contributed by atoms with Gasteiger partial charge in [0.15, 0.2) is 13.2 Å². The Hall–Kier alpha value is -2.27. The Balaban J connectivity index is 0.000000989. The van der Waals surface area contributed by atoms with Gasteiger partial charge in [0.25, 0.3) is 0 Å². The van der Waals surface area contributed by atoms with Crippen molar-refractivity contribution < 1.29 is 14.8 Å². The predicted molar refractivity (Wildman–Crippen MR) is 206 cm³/mol. The molecule has 0 saturated carbocycles. The van der Waals surface area contributed by atoms with Crippen LogP contribution in [0.3, 0.4) is 0 Å². The van der Waals surface area contributed by atoms with E-state index >= 15 is 0 Å². The van der Waals surface area contributed by atoms with Crippen molar-refractivity contribution in [1.29, 1.82) is 0 Å². The van der Waals surface area contributed by atoms with Crippen LogP contribution in [0.15, 0.2) is 113 Å². The second-order valence-corrected chi connectivity index (χ2v) is 15.6. The van der Waals surface area contributed by atoms with E-state index in [1.54, 1.807) is 55.1 Å². The molecule has 0 fully saturated rings. The van der Waals surface area contributed by atoms with Crippen LogP contribution in [0.5, 0.6) is 0 Å². The van der Waals surface area contributed by atoms with Gasteiger partial charge in [-0.3, -0.25) is 0 Å². The summed E-state index contributed by atoms with van der Waals surface area (Å²) >= 11 is 40.8. The van der Waals surface area contributed by atoms with Gasteiger partial charge < -0.3 is 4.98 Å². The maximum Gasteiger partial charge on any atom is 0.477 e. The van der Waals surface area contributed by atoms with Crippen molar-refractivity contribution in [2.45, 2.75) is 46.0 Å². The molecule has 4 aromatic carbocycles. The van der Waals surface area contributed by atoms with Crippen molar-refractivity contribution in [3.63, 3.8) is 0 Å². The first kappa shape index (κ1) is 39.5.